The van der Waals surface area contributed by atoms with Crippen LogP contribution in [0.15, 0.2) is 41.5 Å². The molecule has 2 aromatic rings. The number of aromatic nitrogens is 1. The number of hydrogen-bond donors (Lipinski definition) is 1. The lowest BCUT2D eigenvalue weighted by Crippen LogP contribution is -2.25. The first-order valence-corrected chi connectivity index (χ1v) is 11.2. The predicted octanol–water partition coefficient (Wildman–Crippen LogP) is 4.60. The van der Waals surface area contributed by atoms with Gasteiger partial charge in [-0.25, -0.2) is 0 Å². The van der Waals surface area contributed by atoms with Crippen LogP contribution in [0.2, 0.25) is 0 Å². The average Bonchev–Trinajstić information content (AvgIpc) is 3.27. The molecule has 1 saturated heterocycles. The van der Waals surface area contributed by atoms with Gasteiger partial charge in [0.15, 0.2) is 12.1 Å². The maximum Gasteiger partial charge on any atom is 0.217 e. The van der Waals surface area contributed by atoms with E-state index in [2.05, 4.69) is 53.3 Å². The molecule has 0 atom stereocenters. The van der Waals surface area contributed by atoms with Crippen LogP contribution in [0.1, 0.15) is 44.2 Å². The summed E-state index contributed by atoms with van der Waals surface area (Å²) in [4.78, 5) is 6.95. The molecule has 1 aromatic carbocycles. The standard InChI is InChI=1S/C24H34N4O3/c1-4-10-28(11-5-2)21-16-22(27-25-18-20-8-6-7-19(3)15-20)26-23(17-21)29-12-9-24-30-13-14-31-24/h6-8,15-18,24H,4-5,9-14H2,1-3H3,(H,26,27)/b25-18+. The zero-order chi connectivity index (χ0) is 21.9. The summed E-state index contributed by atoms with van der Waals surface area (Å²) in [7, 11) is 0. The van der Waals surface area contributed by atoms with E-state index < -0.39 is 0 Å². The van der Waals surface area contributed by atoms with Crippen molar-refractivity contribution in [3.8, 4) is 5.88 Å². The molecule has 2 heterocycles. The second-order valence-corrected chi connectivity index (χ2v) is 7.63. The molecule has 0 amide bonds. The van der Waals surface area contributed by atoms with Gasteiger partial charge in [0, 0.05) is 37.3 Å². The number of hydrogen-bond acceptors (Lipinski definition) is 7. The Morgan fingerprint density at radius 3 is 2.65 bits per heavy atom. The first kappa shape index (κ1) is 23.0. The average molecular weight is 427 g/mol. The smallest absolute Gasteiger partial charge is 0.217 e. The normalized spacial score (nSPS) is 14.3. The molecule has 1 aliphatic rings. The Balaban J connectivity index is 1.72. The molecule has 7 nitrogen and oxygen atoms in total. The Kier molecular flexibility index (Phi) is 9.12. The van der Waals surface area contributed by atoms with E-state index in [9.17, 15) is 0 Å². The highest BCUT2D eigenvalue weighted by molar-refractivity contribution is 5.80. The lowest BCUT2D eigenvalue weighted by atomic mass is 10.2. The minimum absolute atomic E-state index is 0.184. The third-order valence-electron chi connectivity index (χ3n) is 4.87. The van der Waals surface area contributed by atoms with Crippen molar-refractivity contribution in [2.24, 2.45) is 5.10 Å². The zero-order valence-electron chi connectivity index (χ0n) is 18.8. The van der Waals surface area contributed by atoms with Gasteiger partial charge in [0.25, 0.3) is 0 Å². The van der Waals surface area contributed by atoms with E-state index in [0.717, 1.165) is 37.2 Å². The fourth-order valence-corrected chi connectivity index (χ4v) is 3.47. The molecule has 1 aromatic heterocycles. The van der Waals surface area contributed by atoms with Crippen molar-refractivity contribution in [2.45, 2.75) is 46.3 Å². The molecule has 0 bridgehead atoms. The SMILES string of the molecule is CCCN(CCC)c1cc(N/N=C/c2cccc(C)c2)nc(OCCC2OCCO2)c1. The molecule has 1 fully saturated rings. The highest BCUT2D eigenvalue weighted by Gasteiger charge is 2.16. The largest absolute Gasteiger partial charge is 0.477 e. The third kappa shape index (κ3) is 7.52. The number of hydrazone groups is 1. The lowest BCUT2D eigenvalue weighted by molar-refractivity contribution is -0.0533. The number of benzene rings is 1. The predicted molar refractivity (Wildman–Crippen MR) is 125 cm³/mol. The number of anilines is 2. The van der Waals surface area contributed by atoms with Gasteiger partial charge in [0.2, 0.25) is 5.88 Å². The van der Waals surface area contributed by atoms with E-state index >= 15 is 0 Å². The number of aryl methyl sites for hydroxylation is 1. The summed E-state index contributed by atoms with van der Waals surface area (Å²) in [5.74, 6) is 1.22. The van der Waals surface area contributed by atoms with Crippen LogP contribution >= 0.6 is 0 Å². The van der Waals surface area contributed by atoms with Gasteiger partial charge < -0.3 is 19.1 Å². The van der Waals surface area contributed by atoms with E-state index in [1.165, 1.54) is 5.56 Å². The third-order valence-corrected chi connectivity index (χ3v) is 4.87. The van der Waals surface area contributed by atoms with Crippen LogP contribution in [-0.2, 0) is 9.47 Å². The molecule has 7 heteroatoms. The summed E-state index contributed by atoms with van der Waals surface area (Å²) in [6.45, 7) is 10.2. The minimum Gasteiger partial charge on any atom is -0.477 e. The maximum absolute atomic E-state index is 5.95. The van der Waals surface area contributed by atoms with Gasteiger partial charge in [0.1, 0.15) is 0 Å². The first-order chi connectivity index (χ1) is 15.2. The molecule has 168 valence electrons. The molecule has 0 unspecified atom stereocenters. The lowest BCUT2D eigenvalue weighted by Gasteiger charge is -2.24. The summed E-state index contributed by atoms with van der Waals surface area (Å²) in [5.41, 5.74) is 6.38. The van der Waals surface area contributed by atoms with Crippen LogP contribution in [0.5, 0.6) is 5.88 Å². The molecular weight excluding hydrogens is 392 g/mol. The van der Waals surface area contributed by atoms with Crippen molar-refractivity contribution < 1.29 is 14.2 Å². The monoisotopic (exact) mass is 426 g/mol. The van der Waals surface area contributed by atoms with Crippen LogP contribution < -0.4 is 15.1 Å². The van der Waals surface area contributed by atoms with E-state index in [1.54, 1.807) is 6.21 Å². The number of pyridine rings is 1. The van der Waals surface area contributed by atoms with E-state index in [0.29, 0.717) is 37.9 Å². The molecule has 1 N–H and O–H groups in total. The fraction of sp³-hybridized carbons (Fsp3) is 0.500. The summed E-state index contributed by atoms with van der Waals surface area (Å²) >= 11 is 0. The molecule has 31 heavy (non-hydrogen) atoms. The maximum atomic E-state index is 5.95. The highest BCUT2D eigenvalue weighted by atomic mass is 16.7. The second-order valence-electron chi connectivity index (χ2n) is 7.63. The van der Waals surface area contributed by atoms with Crippen molar-refractivity contribution in [1.29, 1.82) is 0 Å². The Labute approximate surface area is 185 Å². The van der Waals surface area contributed by atoms with Crippen molar-refractivity contribution >= 4 is 17.7 Å². The molecule has 0 radical (unpaired) electrons. The number of nitrogens with zero attached hydrogens (tertiary/aromatic N) is 3. The topological polar surface area (TPSA) is 68.2 Å². The minimum atomic E-state index is -0.184. The zero-order valence-corrected chi connectivity index (χ0v) is 18.8. The number of nitrogens with one attached hydrogen (secondary N) is 1. The fourth-order valence-electron chi connectivity index (χ4n) is 3.47. The van der Waals surface area contributed by atoms with Crippen molar-refractivity contribution in [3.63, 3.8) is 0 Å². The highest BCUT2D eigenvalue weighted by Crippen LogP contribution is 2.25. The van der Waals surface area contributed by atoms with Crippen LogP contribution in [0.25, 0.3) is 0 Å². The first-order valence-electron chi connectivity index (χ1n) is 11.2. The molecule has 0 aliphatic carbocycles. The summed E-state index contributed by atoms with van der Waals surface area (Å²) < 4.78 is 16.9. The Bertz CT molecular complexity index is 831. The summed E-state index contributed by atoms with van der Waals surface area (Å²) in [6, 6.07) is 12.2. The number of rotatable bonds is 12. The van der Waals surface area contributed by atoms with Gasteiger partial charge in [-0.2, -0.15) is 10.1 Å². The number of ether oxygens (including phenoxy) is 3. The van der Waals surface area contributed by atoms with Gasteiger partial charge >= 0.3 is 0 Å². The Morgan fingerprint density at radius 2 is 1.94 bits per heavy atom. The second kappa shape index (κ2) is 12.3. The van der Waals surface area contributed by atoms with E-state index in [4.69, 9.17) is 14.2 Å². The molecule has 0 saturated carbocycles. The van der Waals surface area contributed by atoms with Crippen LogP contribution in [0.3, 0.4) is 0 Å². The Morgan fingerprint density at radius 1 is 1.16 bits per heavy atom. The van der Waals surface area contributed by atoms with Crippen LogP contribution in [0.4, 0.5) is 11.5 Å². The van der Waals surface area contributed by atoms with Crippen molar-refractivity contribution in [1.82, 2.24) is 4.98 Å². The quantitative estimate of drug-likeness (QED) is 0.395. The van der Waals surface area contributed by atoms with E-state index in [1.807, 2.05) is 24.3 Å². The molecule has 3 rings (SSSR count). The summed E-state index contributed by atoms with van der Waals surface area (Å²) in [5, 5.41) is 4.38. The molecule has 0 spiro atoms. The van der Waals surface area contributed by atoms with Gasteiger partial charge in [-0.05, 0) is 25.3 Å². The molecular formula is C24H34N4O3. The van der Waals surface area contributed by atoms with Crippen LogP contribution in [-0.4, -0.2) is 50.4 Å². The van der Waals surface area contributed by atoms with Gasteiger partial charge in [-0.3, -0.25) is 5.43 Å². The van der Waals surface area contributed by atoms with E-state index in [-0.39, 0.29) is 6.29 Å². The van der Waals surface area contributed by atoms with Gasteiger partial charge in [0.05, 0.1) is 26.0 Å². The Hall–Kier alpha value is -2.64. The van der Waals surface area contributed by atoms with Crippen molar-refractivity contribution in [3.05, 3.63) is 47.5 Å². The molecule has 1 aliphatic heterocycles. The van der Waals surface area contributed by atoms with Gasteiger partial charge in [-0.15, -0.1) is 0 Å². The van der Waals surface area contributed by atoms with Crippen molar-refractivity contribution in [2.75, 3.05) is 43.2 Å². The van der Waals surface area contributed by atoms with Crippen LogP contribution in [0, 0.1) is 6.92 Å². The van der Waals surface area contributed by atoms with Gasteiger partial charge in [-0.1, -0.05) is 43.7 Å². The summed E-state index contributed by atoms with van der Waals surface area (Å²) in [6.07, 6.45) is 4.43.